The lowest BCUT2D eigenvalue weighted by atomic mass is 10.1. The maximum absolute atomic E-state index is 12.4. The first kappa shape index (κ1) is 15.0. The molecule has 0 radical (unpaired) electrons. The summed E-state index contributed by atoms with van der Waals surface area (Å²) in [6.45, 7) is 1.66. The van der Waals surface area contributed by atoms with Gasteiger partial charge in [0.15, 0.2) is 0 Å². The second-order valence-corrected chi connectivity index (χ2v) is 6.91. The van der Waals surface area contributed by atoms with Gasteiger partial charge in [0.1, 0.15) is 0 Å². The molecule has 1 aromatic rings. The Morgan fingerprint density at radius 2 is 1.90 bits per heavy atom. The van der Waals surface area contributed by atoms with Gasteiger partial charge in [-0.25, -0.2) is 13.6 Å². The molecule has 0 heterocycles. The third kappa shape index (κ3) is 3.02. The minimum absolute atomic E-state index is 0.0168. The predicted molar refractivity (Wildman–Crippen MR) is 76.9 cm³/mol. The van der Waals surface area contributed by atoms with Crippen molar-refractivity contribution >= 4 is 15.9 Å². The standard InChI is InChI=1S/C14H20N2O3S/c1-10-7-8-11(9-13(10)20(15,18)19)14(17)16(2)12-5-3-4-6-12/h7-9,12H,3-6H2,1-2H3,(H2,15,18,19). The Labute approximate surface area is 119 Å². The number of primary sulfonamides is 1. The van der Waals surface area contributed by atoms with Crippen LogP contribution in [0.3, 0.4) is 0 Å². The minimum atomic E-state index is -3.80. The number of hydrogen-bond acceptors (Lipinski definition) is 3. The number of carbonyl (C=O) groups excluding carboxylic acids is 1. The fourth-order valence-corrected chi connectivity index (χ4v) is 3.51. The SMILES string of the molecule is Cc1ccc(C(=O)N(C)C2CCCC2)cc1S(N)(=O)=O. The summed E-state index contributed by atoms with van der Waals surface area (Å²) in [5, 5.41) is 5.17. The van der Waals surface area contributed by atoms with Crippen LogP contribution in [0.4, 0.5) is 0 Å². The first-order valence-electron chi connectivity index (χ1n) is 6.71. The molecule has 0 aliphatic heterocycles. The normalized spacial score (nSPS) is 16.4. The van der Waals surface area contributed by atoms with E-state index < -0.39 is 10.0 Å². The molecule has 0 saturated heterocycles. The Hall–Kier alpha value is -1.40. The fourth-order valence-electron chi connectivity index (χ4n) is 2.70. The quantitative estimate of drug-likeness (QED) is 0.921. The van der Waals surface area contributed by atoms with Crippen molar-refractivity contribution < 1.29 is 13.2 Å². The van der Waals surface area contributed by atoms with Crippen LogP contribution in [0.25, 0.3) is 0 Å². The van der Waals surface area contributed by atoms with Crippen LogP contribution < -0.4 is 5.14 Å². The number of hydrogen-bond donors (Lipinski definition) is 1. The van der Waals surface area contributed by atoms with Crippen molar-refractivity contribution in [1.29, 1.82) is 0 Å². The summed E-state index contributed by atoms with van der Waals surface area (Å²) in [4.78, 5) is 14.1. The molecule has 5 nitrogen and oxygen atoms in total. The average molecular weight is 296 g/mol. The van der Waals surface area contributed by atoms with E-state index in [4.69, 9.17) is 5.14 Å². The highest BCUT2D eigenvalue weighted by molar-refractivity contribution is 7.89. The molecule has 2 N–H and O–H groups in total. The second-order valence-electron chi connectivity index (χ2n) is 5.38. The highest BCUT2D eigenvalue weighted by atomic mass is 32.2. The minimum Gasteiger partial charge on any atom is -0.339 e. The lowest BCUT2D eigenvalue weighted by molar-refractivity contribution is 0.0735. The molecule has 6 heteroatoms. The van der Waals surface area contributed by atoms with Gasteiger partial charge in [-0.3, -0.25) is 4.79 Å². The largest absolute Gasteiger partial charge is 0.339 e. The zero-order valence-corrected chi connectivity index (χ0v) is 12.6. The molecule has 110 valence electrons. The maximum atomic E-state index is 12.4. The summed E-state index contributed by atoms with van der Waals surface area (Å²) in [6.07, 6.45) is 4.30. The number of sulfonamides is 1. The van der Waals surface area contributed by atoms with Crippen molar-refractivity contribution in [3.8, 4) is 0 Å². The van der Waals surface area contributed by atoms with E-state index in [0.29, 0.717) is 11.1 Å². The zero-order valence-electron chi connectivity index (χ0n) is 11.8. The van der Waals surface area contributed by atoms with Crippen LogP contribution >= 0.6 is 0 Å². The molecule has 0 bridgehead atoms. The van der Waals surface area contributed by atoms with Gasteiger partial charge in [-0.1, -0.05) is 18.9 Å². The Kier molecular flexibility index (Phi) is 4.15. The molecule has 1 saturated carbocycles. The van der Waals surface area contributed by atoms with Gasteiger partial charge < -0.3 is 4.90 Å². The molecule has 2 rings (SSSR count). The molecule has 1 fully saturated rings. The first-order valence-corrected chi connectivity index (χ1v) is 8.26. The zero-order chi connectivity index (χ0) is 14.9. The molecule has 0 atom stereocenters. The van der Waals surface area contributed by atoms with E-state index in [9.17, 15) is 13.2 Å². The Balaban J connectivity index is 2.31. The summed E-state index contributed by atoms with van der Waals surface area (Å²) in [7, 11) is -2.03. The van der Waals surface area contributed by atoms with Gasteiger partial charge in [0.2, 0.25) is 10.0 Å². The number of amides is 1. The van der Waals surface area contributed by atoms with Gasteiger partial charge in [0.05, 0.1) is 4.90 Å². The van der Waals surface area contributed by atoms with Crippen LogP contribution in [0.5, 0.6) is 0 Å². The van der Waals surface area contributed by atoms with Crippen LogP contribution in [0.2, 0.25) is 0 Å². The van der Waals surface area contributed by atoms with E-state index in [0.717, 1.165) is 25.7 Å². The van der Waals surface area contributed by atoms with E-state index in [1.807, 2.05) is 0 Å². The predicted octanol–water partition coefficient (Wildman–Crippen LogP) is 1.66. The van der Waals surface area contributed by atoms with Crippen molar-refractivity contribution in [1.82, 2.24) is 4.90 Å². The van der Waals surface area contributed by atoms with Crippen molar-refractivity contribution in [2.75, 3.05) is 7.05 Å². The summed E-state index contributed by atoms with van der Waals surface area (Å²) in [6, 6.07) is 4.90. The number of rotatable bonds is 3. The van der Waals surface area contributed by atoms with Gasteiger partial charge in [0.25, 0.3) is 5.91 Å². The van der Waals surface area contributed by atoms with Gasteiger partial charge in [-0.15, -0.1) is 0 Å². The van der Waals surface area contributed by atoms with Crippen molar-refractivity contribution in [2.45, 2.75) is 43.5 Å². The van der Waals surface area contributed by atoms with Gasteiger partial charge in [-0.2, -0.15) is 0 Å². The molecular weight excluding hydrogens is 276 g/mol. The van der Waals surface area contributed by atoms with Crippen LogP contribution in [0.15, 0.2) is 23.1 Å². The number of nitrogens with zero attached hydrogens (tertiary/aromatic N) is 1. The molecule has 0 unspecified atom stereocenters. The number of nitrogens with two attached hydrogens (primary N) is 1. The van der Waals surface area contributed by atoms with E-state index in [1.165, 1.54) is 6.07 Å². The highest BCUT2D eigenvalue weighted by Gasteiger charge is 2.25. The summed E-state index contributed by atoms with van der Waals surface area (Å²) in [5.41, 5.74) is 0.918. The Bertz CT molecular complexity index is 619. The highest BCUT2D eigenvalue weighted by Crippen LogP contribution is 2.24. The second kappa shape index (κ2) is 5.54. The number of aryl methyl sites for hydroxylation is 1. The van der Waals surface area contributed by atoms with Gasteiger partial charge in [0, 0.05) is 18.7 Å². The Morgan fingerprint density at radius 1 is 1.30 bits per heavy atom. The van der Waals surface area contributed by atoms with Crippen LogP contribution in [0, 0.1) is 6.92 Å². The lowest BCUT2D eigenvalue weighted by Crippen LogP contribution is -2.35. The molecule has 1 amide bonds. The van der Waals surface area contributed by atoms with E-state index >= 15 is 0 Å². The molecule has 0 aromatic heterocycles. The fraction of sp³-hybridized carbons (Fsp3) is 0.500. The van der Waals surface area contributed by atoms with Gasteiger partial charge >= 0.3 is 0 Å². The third-order valence-corrected chi connectivity index (χ3v) is 4.99. The summed E-state index contributed by atoms with van der Waals surface area (Å²) in [5.74, 6) is -0.151. The summed E-state index contributed by atoms with van der Waals surface area (Å²) < 4.78 is 23.0. The lowest BCUT2D eigenvalue weighted by Gasteiger charge is -2.24. The van der Waals surface area contributed by atoms with Crippen molar-refractivity contribution in [3.63, 3.8) is 0 Å². The third-order valence-electron chi connectivity index (χ3n) is 3.93. The van der Waals surface area contributed by atoms with Crippen LogP contribution in [-0.4, -0.2) is 32.3 Å². The first-order chi connectivity index (χ1) is 9.30. The smallest absolute Gasteiger partial charge is 0.253 e. The van der Waals surface area contributed by atoms with E-state index in [-0.39, 0.29) is 16.8 Å². The van der Waals surface area contributed by atoms with Crippen molar-refractivity contribution in [3.05, 3.63) is 29.3 Å². The number of benzene rings is 1. The van der Waals surface area contributed by atoms with E-state index in [1.54, 1.807) is 31.0 Å². The monoisotopic (exact) mass is 296 g/mol. The average Bonchev–Trinajstić information content (AvgIpc) is 2.90. The molecule has 1 aromatic carbocycles. The van der Waals surface area contributed by atoms with Gasteiger partial charge in [-0.05, 0) is 37.5 Å². The molecular formula is C14H20N2O3S. The topological polar surface area (TPSA) is 80.5 Å². The van der Waals surface area contributed by atoms with E-state index in [2.05, 4.69) is 0 Å². The molecule has 20 heavy (non-hydrogen) atoms. The molecule has 1 aliphatic carbocycles. The Morgan fingerprint density at radius 3 is 2.45 bits per heavy atom. The molecule has 1 aliphatic rings. The molecule has 0 spiro atoms. The summed E-state index contributed by atoms with van der Waals surface area (Å²) >= 11 is 0. The van der Waals surface area contributed by atoms with Crippen molar-refractivity contribution in [2.24, 2.45) is 5.14 Å². The van der Waals surface area contributed by atoms with Crippen LogP contribution in [0.1, 0.15) is 41.6 Å². The van der Waals surface area contributed by atoms with Crippen LogP contribution in [-0.2, 0) is 10.0 Å². The maximum Gasteiger partial charge on any atom is 0.253 e. The number of carbonyl (C=O) groups is 1.